The second-order valence-corrected chi connectivity index (χ2v) is 4.92. The summed E-state index contributed by atoms with van der Waals surface area (Å²) >= 11 is 0. The van der Waals surface area contributed by atoms with Crippen molar-refractivity contribution in [2.45, 2.75) is 26.4 Å². The Morgan fingerprint density at radius 3 is 2.89 bits per heavy atom. The molecule has 1 fully saturated rings. The van der Waals surface area contributed by atoms with Crippen LogP contribution in [0.3, 0.4) is 0 Å². The van der Waals surface area contributed by atoms with Crippen LogP contribution in [0.25, 0.3) is 0 Å². The zero-order valence-electron chi connectivity index (χ0n) is 11.4. The predicted octanol–water partition coefficient (Wildman–Crippen LogP) is 2.16. The summed E-state index contributed by atoms with van der Waals surface area (Å²) in [5.74, 6) is 0.794. The van der Waals surface area contributed by atoms with Crippen LogP contribution in [0.2, 0.25) is 0 Å². The molecule has 1 saturated carbocycles. The van der Waals surface area contributed by atoms with Gasteiger partial charge in [0.2, 0.25) is 5.91 Å². The molecule has 0 saturated heterocycles. The number of benzene rings is 1. The van der Waals surface area contributed by atoms with E-state index in [-0.39, 0.29) is 5.91 Å². The first-order valence-electron chi connectivity index (χ1n) is 6.95. The molecule has 0 aromatic heterocycles. The lowest BCUT2D eigenvalue weighted by Crippen LogP contribution is -2.29. The molecule has 0 aliphatic heterocycles. The van der Waals surface area contributed by atoms with Crippen molar-refractivity contribution in [3.8, 4) is 0 Å². The van der Waals surface area contributed by atoms with Gasteiger partial charge in [0.1, 0.15) is 0 Å². The lowest BCUT2D eigenvalue weighted by atomic mass is 10.2. The molecule has 0 heterocycles. The molecule has 0 spiro atoms. The van der Waals surface area contributed by atoms with E-state index < -0.39 is 0 Å². The minimum atomic E-state index is 0.00426. The SMILES string of the molecule is CCOCc1ccccc1NC(=O)CNCC1CC1. The van der Waals surface area contributed by atoms with E-state index in [4.69, 9.17) is 4.74 Å². The third-order valence-corrected chi connectivity index (χ3v) is 3.17. The molecule has 1 aliphatic carbocycles. The molecular formula is C15H22N2O2. The number of nitrogens with one attached hydrogen (secondary N) is 2. The summed E-state index contributed by atoms with van der Waals surface area (Å²) in [6, 6.07) is 7.76. The highest BCUT2D eigenvalue weighted by molar-refractivity contribution is 5.92. The third-order valence-electron chi connectivity index (χ3n) is 3.17. The van der Waals surface area contributed by atoms with Crippen LogP contribution in [-0.2, 0) is 16.1 Å². The van der Waals surface area contributed by atoms with Crippen molar-refractivity contribution in [2.24, 2.45) is 5.92 Å². The normalized spacial score (nSPS) is 14.4. The van der Waals surface area contributed by atoms with Crippen molar-refractivity contribution in [3.05, 3.63) is 29.8 Å². The lowest BCUT2D eigenvalue weighted by molar-refractivity contribution is -0.115. The van der Waals surface area contributed by atoms with Crippen LogP contribution < -0.4 is 10.6 Å². The quantitative estimate of drug-likeness (QED) is 0.755. The molecule has 0 bridgehead atoms. The Morgan fingerprint density at radius 2 is 2.16 bits per heavy atom. The molecule has 1 aromatic rings. The van der Waals surface area contributed by atoms with Gasteiger partial charge in [-0.1, -0.05) is 18.2 Å². The van der Waals surface area contributed by atoms with E-state index in [9.17, 15) is 4.79 Å². The highest BCUT2D eigenvalue weighted by atomic mass is 16.5. The zero-order valence-corrected chi connectivity index (χ0v) is 11.4. The predicted molar refractivity (Wildman–Crippen MR) is 76.0 cm³/mol. The summed E-state index contributed by atoms with van der Waals surface area (Å²) in [7, 11) is 0. The first-order valence-corrected chi connectivity index (χ1v) is 6.95. The van der Waals surface area contributed by atoms with Gasteiger partial charge < -0.3 is 15.4 Å². The van der Waals surface area contributed by atoms with Gasteiger partial charge >= 0.3 is 0 Å². The Kier molecular flexibility index (Phi) is 5.36. The molecular weight excluding hydrogens is 240 g/mol. The monoisotopic (exact) mass is 262 g/mol. The Bertz CT molecular complexity index is 416. The van der Waals surface area contributed by atoms with E-state index in [2.05, 4.69) is 10.6 Å². The maximum absolute atomic E-state index is 11.8. The summed E-state index contributed by atoms with van der Waals surface area (Å²) in [4.78, 5) is 11.8. The molecule has 19 heavy (non-hydrogen) atoms. The second kappa shape index (κ2) is 7.26. The fraction of sp³-hybridized carbons (Fsp3) is 0.533. The van der Waals surface area contributed by atoms with Gasteiger partial charge in [0.15, 0.2) is 0 Å². The maximum Gasteiger partial charge on any atom is 0.238 e. The number of hydrogen-bond donors (Lipinski definition) is 2. The topological polar surface area (TPSA) is 50.4 Å². The fourth-order valence-corrected chi connectivity index (χ4v) is 1.89. The van der Waals surface area contributed by atoms with Crippen LogP contribution in [0.15, 0.2) is 24.3 Å². The summed E-state index contributed by atoms with van der Waals surface area (Å²) < 4.78 is 5.40. The Hall–Kier alpha value is -1.39. The van der Waals surface area contributed by atoms with Gasteiger partial charge in [-0.05, 0) is 38.3 Å². The highest BCUT2D eigenvalue weighted by Crippen LogP contribution is 2.27. The Morgan fingerprint density at radius 1 is 1.37 bits per heavy atom. The maximum atomic E-state index is 11.8. The first-order chi connectivity index (χ1) is 9.29. The van der Waals surface area contributed by atoms with Gasteiger partial charge in [0.25, 0.3) is 0 Å². The average Bonchev–Trinajstić information content (AvgIpc) is 3.22. The summed E-state index contributed by atoms with van der Waals surface area (Å²) in [6.45, 7) is 4.49. The van der Waals surface area contributed by atoms with Crippen LogP contribution in [0, 0.1) is 5.92 Å². The van der Waals surface area contributed by atoms with Gasteiger partial charge in [0, 0.05) is 17.9 Å². The first kappa shape index (κ1) is 14.0. The number of rotatable bonds is 8. The number of anilines is 1. The number of hydrogen-bond acceptors (Lipinski definition) is 3. The molecule has 4 nitrogen and oxygen atoms in total. The second-order valence-electron chi connectivity index (χ2n) is 4.92. The fourth-order valence-electron chi connectivity index (χ4n) is 1.89. The summed E-state index contributed by atoms with van der Waals surface area (Å²) in [5.41, 5.74) is 1.86. The number of ether oxygens (including phenoxy) is 1. The number of carbonyl (C=O) groups is 1. The van der Waals surface area contributed by atoms with Gasteiger partial charge in [-0.15, -0.1) is 0 Å². The molecule has 104 valence electrons. The summed E-state index contributed by atoms with van der Waals surface area (Å²) in [6.07, 6.45) is 2.59. The van der Waals surface area contributed by atoms with E-state index in [0.29, 0.717) is 19.8 Å². The van der Waals surface area contributed by atoms with E-state index in [1.165, 1.54) is 12.8 Å². The zero-order chi connectivity index (χ0) is 13.5. The average molecular weight is 262 g/mol. The van der Waals surface area contributed by atoms with E-state index >= 15 is 0 Å². The Balaban J connectivity index is 1.80. The van der Waals surface area contributed by atoms with Crippen molar-refractivity contribution in [2.75, 3.05) is 25.0 Å². The van der Waals surface area contributed by atoms with Crippen molar-refractivity contribution in [3.63, 3.8) is 0 Å². The van der Waals surface area contributed by atoms with E-state index in [1.54, 1.807) is 0 Å². The lowest BCUT2D eigenvalue weighted by Gasteiger charge is -2.11. The molecule has 1 aromatic carbocycles. The van der Waals surface area contributed by atoms with E-state index in [0.717, 1.165) is 23.7 Å². The highest BCUT2D eigenvalue weighted by Gasteiger charge is 2.20. The summed E-state index contributed by atoms with van der Waals surface area (Å²) in [5, 5.41) is 6.12. The number of para-hydroxylation sites is 1. The molecule has 0 radical (unpaired) electrons. The van der Waals surface area contributed by atoms with Crippen LogP contribution >= 0.6 is 0 Å². The van der Waals surface area contributed by atoms with Crippen LogP contribution in [0.4, 0.5) is 5.69 Å². The molecule has 4 heteroatoms. The molecule has 1 amide bonds. The van der Waals surface area contributed by atoms with Crippen molar-refractivity contribution >= 4 is 11.6 Å². The van der Waals surface area contributed by atoms with Gasteiger partial charge in [-0.3, -0.25) is 4.79 Å². The largest absolute Gasteiger partial charge is 0.377 e. The molecule has 1 aliphatic rings. The molecule has 2 N–H and O–H groups in total. The van der Waals surface area contributed by atoms with Gasteiger partial charge in [-0.25, -0.2) is 0 Å². The Labute approximate surface area is 114 Å². The van der Waals surface area contributed by atoms with Gasteiger partial charge in [-0.2, -0.15) is 0 Å². The molecule has 0 unspecified atom stereocenters. The van der Waals surface area contributed by atoms with Gasteiger partial charge in [0.05, 0.1) is 13.2 Å². The molecule has 0 atom stereocenters. The van der Waals surface area contributed by atoms with Crippen LogP contribution in [0.1, 0.15) is 25.3 Å². The van der Waals surface area contributed by atoms with Crippen molar-refractivity contribution < 1.29 is 9.53 Å². The van der Waals surface area contributed by atoms with Crippen LogP contribution in [0.5, 0.6) is 0 Å². The van der Waals surface area contributed by atoms with E-state index in [1.807, 2.05) is 31.2 Å². The smallest absolute Gasteiger partial charge is 0.238 e. The van der Waals surface area contributed by atoms with Crippen molar-refractivity contribution in [1.29, 1.82) is 0 Å². The minimum absolute atomic E-state index is 0.00426. The van der Waals surface area contributed by atoms with Crippen LogP contribution in [-0.4, -0.2) is 25.6 Å². The standard InChI is InChI=1S/C15H22N2O2/c1-2-19-11-13-5-3-4-6-14(13)17-15(18)10-16-9-12-7-8-12/h3-6,12,16H,2,7-11H2,1H3,(H,17,18). The minimum Gasteiger partial charge on any atom is -0.377 e. The number of carbonyl (C=O) groups excluding carboxylic acids is 1. The molecule has 2 rings (SSSR count). The third kappa shape index (κ3) is 5.01. The van der Waals surface area contributed by atoms with Crippen molar-refractivity contribution in [1.82, 2.24) is 5.32 Å². The number of amides is 1.